The minimum atomic E-state index is -0.390. The smallest absolute Gasteiger partial charge is 0.245 e. The van der Waals surface area contributed by atoms with E-state index in [0.717, 1.165) is 19.3 Å². The Balaban J connectivity index is 2.27. The first-order valence-corrected chi connectivity index (χ1v) is 6.80. The number of nitrogens with zero attached hydrogens (tertiary/aromatic N) is 1. The van der Waals surface area contributed by atoms with E-state index in [1.165, 1.54) is 0 Å². The normalized spacial score (nSPS) is 32.9. The monoisotopic (exact) mass is 250 g/mol. The first-order valence-electron chi connectivity index (χ1n) is 6.80. The van der Waals surface area contributed by atoms with Gasteiger partial charge in [-0.3, -0.25) is 9.59 Å². The van der Waals surface area contributed by atoms with Gasteiger partial charge in [0.2, 0.25) is 11.8 Å². The minimum Gasteiger partial charge on any atom is -0.343 e. The van der Waals surface area contributed by atoms with Crippen LogP contribution < -0.4 is 5.32 Å². The fraction of sp³-hybridized carbons (Fsp3) is 0.714. The SMILES string of the molecule is CC1NC(=O)C(C(C)C)N(C2CC=CCC2)C1=O. The molecular formula is C14H22N2O2. The molecule has 3 atom stereocenters. The number of carbonyl (C=O) groups excluding carboxylic acids is 2. The largest absolute Gasteiger partial charge is 0.343 e. The number of allylic oxidation sites excluding steroid dienone is 1. The van der Waals surface area contributed by atoms with Crippen LogP contribution >= 0.6 is 0 Å². The molecule has 0 aromatic heterocycles. The molecule has 1 saturated heterocycles. The van der Waals surface area contributed by atoms with E-state index in [2.05, 4.69) is 17.5 Å². The summed E-state index contributed by atoms with van der Waals surface area (Å²) in [5.41, 5.74) is 0. The molecular weight excluding hydrogens is 228 g/mol. The maximum Gasteiger partial charge on any atom is 0.245 e. The highest BCUT2D eigenvalue weighted by Gasteiger charge is 2.43. The molecule has 0 radical (unpaired) electrons. The van der Waals surface area contributed by atoms with Crippen molar-refractivity contribution in [3.05, 3.63) is 12.2 Å². The van der Waals surface area contributed by atoms with Crippen LogP contribution in [0, 0.1) is 5.92 Å². The molecule has 0 spiro atoms. The molecule has 1 aliphatic heterocycles. The lowest BCUT2D eigenvalue weighted by atomic mass is 9.91. The van der Waals surface area contributed by atoms with Crippen molar-refractivity contribution in [3.63, 3.8) is 0 Å². The van der Waals surface area contributed by atoms with Crippen molar-refractivity contribution in [2.75, 3.05) is 0 Å². The molecule has 1 heterocycles. The number of amides is 2. The van der Waals surface area contributed by atoms with Crippen LogP contribution in [0.25, 0.3) is 0 Å². The van der Waals surface area contributed by atoms with E-state index in [1.807, 2.05) is 18.7 Å². The second-order valence-corrected chi connectivity index (χ2v) is 5.60. The molecule has 0 aromatic rings. The average molecular weight is 250 g/mol. The number of rotatable bonds is 2. The summed E-state index contributed by atoms with van der Waals surface area (Å²) in [6.07, 6.45) is 7.10. The zero-order valence-electron chi connectivity index (χ0n) is 11.3. The van der Waals surface area contributed by atoms with Crippen molar-refractivity contribution < 1.29 is 9.59 Å². The van der Waals surface area contributed by atoms with Gasteiger partial charge in [-0.05, 0) is 32.1 Å². The van der Waals surface area contributed by atoms with Gasteiger partial charge in [0.15, 0.2) is 0 Å². The Morgan fingerprint density at radius 2 is 2.06 bits per heavy atom. The van der Waals surface area contributed by atoms with Crippen LogP contribution in [0.2, 0.25) is 0 Å². The van der Waals surface area contributed by atoms with E-state index in [9.17, 15) is 9.59 Å². The Bertz CT molecular complexity index is 376. The molecule has 0 bridgehead atoms. The first kappa shape index (κ1) is 13.1. The highest BCUT2D eigenvalue weighted by molar-refractivity contribution is 5.97. The van der Waals surface area contributed by atoms with Crippen LogP contribution in [-0.4, -0.2) is 34.8 Å². The van der Waals surface area contributed by atoms with E-state index >= 15 is 0 Å². The predicted molar refractivity (Wildman–Crippen MR) is 69.9 cm³/mol. The molecule has 4 heteroatoms. The van der Waals surface area contributed by atoms with Crippen LogP contribution in [-0.2, 0) is 9.59 Å². The summed E-state index contributed by atoms with van der Waals surface area (Å²) >= 11 is 0. The summed E-state index contributed by atoms with van der Waals surface area (Å²) in [5, 5.41) is 2.78. The Kier molecular flexibility index (Phi) is 3.73. The number of piperazine rings is 1. The Morgan fingerprint density at radius 3 is 2.61 bits per heavy atom. The molecule has 4 nitrogen and oxygen atoms in total. The molecule has 0 saturated carbocycles. The van der Waals surface area contributed by atoms with Gasteiger partial charge in [-0.25, -0.2) is 0 Å². The average Bonchev–Trinajstić information content (AvgIpc) is 2.34. The molecule has 0 aromatic carbocycles. The van der Waals surface area contributed by atoms with Gasteiger partial charge < -0.3 is 10.2 Å². The van der Waals surface area contributed by atoms with Crippen LogP contribution in [0.15, 0.2) is 12.2 Å². The Labute approximate surface area is 108 Å². The highest BCUT2D eigenvalue weighted by atomic mass is 16.2. The molecule has 1 fully saturated rings. The third-order valence-electron chi connectivity index (χ3n) is 3.82. The number of carbonyl (C=O) groups is 2. The zero-order valence-corrected chi connectivity index (χ0v) is 11.3. The van der Waals surface area contributed by atoms with Crippen molar-refractivity contribution in [1.29, 1.82) is 0 Å². The third kappa shape index (κ3) is 2.28. The summed E-state index contributed by atoms with van der Waals surface area (Å²) in [6, 6.07) is -0.521. The molecule has 1 N–H and O–H groups in total. The van der Waals surface area contributed by atoms with Gasteiger partial charge in [-0.1, -0.05) is 26.0 Å². The van der Waals surface area contributed by atoms with Crippen molar-refractivity contribution in [2.45, 2.75) is 58.2 Å². The molecule has 3 unspecified atom stereocenters. The van der Waals surface area contributed by atoms with Crippen molar-refractivity contribution in [2.24, 2.45) is 5.92 Å². The molecule has 2 amide bonds. The molecule has 2 rings (SSSR count). The molecule has 1 aliphatic carbocycles. The third-order valence-corrected chi connectivity index (χ3v) is 3.82. The minimum absolute atomic E-state index is 0.00773. The van der Waals surface area contributed by atoms with Gasteiger partial charge in [0, 0.05) is 6.04 Å². The second kappa shape index (κ2) is 5.12. The number of hydrogen-bond donors (Lipinski definition) is 1. The second-order valence-electron chi connectivity index (χ2n) is 5.60. The van der Waals surface area contributed by atoms with Gasteiger partial charge in [0.25, 0.3) is 0 Å². The standard InChI is InChI=1S/C14H22N2O2/c1-9(2)12-13(17)15-10(3)14(18)16(12)11-7-5-4-6-8-11/h4-5,9-12H,6-8H2,1-3H3,(H,15,17). The van der Waals surface area contributed by atoms with E-state index in [0.29, 0.717) is 0 Å². The van der Waals surface area contributed by atoms with E-state index < -0.39 is 6.04 Å². The lowest BCUT2D eigenvalue weighted by Gasteiger charge is -2.44. The first-order chi connectivity index (χ1) is 8.52. The van der Waals surface area contributed by atoms with Crippen LogP contribution in [0.1, 0.15) is 40.0 Å². The van der Waals surface area contributed by atoms with Crippen LogP contribution in [0.3, 0.4) is 0 Å². The summed E-state index contributed by atoms with van der Waals surface area (Å²) in [5.74, 6) is 0.201. The van der Waals surface area contributed by atoms with E-state index in [-0.39, 0.29) is 29.8 Å². The number of nitrogens with one attached hydrogen (secondary N) is 1. The molecule has 18 heavy (non-hydrogen) atoms. The maximum absolute atomic E-state index is 12.4. The van der Waals surface area contributed by atoms with Gasteiger partial charge in [-0.2, -0.15) is 0 Å². The van der Waals surface area contributed by atoms with Gasteiger partial charge >= 0.3 is 0 Å². The zero-order chi connectivity index (χ0) is 13.3. The lowest BCUT2D eigenvalue weighted by molar-refractivity contribution is -0.153. The maximum atomic E-state index is 12.4. The number of hydrogen-bond acceptors (Lipinski definition) is 2. The Hall–Kier alpha value is -1.32. The quantitative estimate of drug-likeness (QED) is 0.754. The van der Waals surface area contributed by atoms with Crippen LogP contribution in [0.4, 0.5) is 0 Å². The van der Waals surface area contributed by atoms with Crippen LogP contribution in [0.5, 0.6) is 0 Å². The summed E-state index contributed by atoms with van der Waals surface area (Å²) in [6.45, 7) is 5.76. The topological polar surface area (TPSA) is 49.4 Å². The van der Waals surface area contributed by atoms with E-state index in [1.54, 1.807) is 6.92 Å². The van der Waals surface area contributed by atoms with Gasteiger partial charge in [0.05, 0.1) is 0 Å². The van der Waals surface area contributed by atoms with Crippen molar-refractivity contribution in [1.82, 2.24) is 10.2 Å². The molecule has 100 valence electrons. The van der Waals surface area contributed by atoms with Crippen molar-refractivity contribution >= 4 is 11.8 Å². The van der Waals surface area contributed by atoms with Gasteiger partial charge in [-0.15, -0.1) is 0 Å². The fourth-order valence-corrected chi connectivity index (χ4v) is 2.91. The highest BCUT2D eigenvalue weighted by Crippen LogP contribution is 2.26. The summed E-state index contributed by atoms with van der Waals surface area (Å²) in [7, 11) is 0. The van der Waals surface area contributed by atoms with E-state index in [4.69, 9.17) is 0 Å². The summed E-state index contributed by atoms with van der Waals surface area (Å²) < 4.78 is 0. The van der Waals surface area contributed by atoms with Crippen molar-refractivity contribution in [3.8, 4) is 0 Å². The molecule has 2 aliphatic rings. The fourth-order valence-electron chi connectivity index (χ4n) is 2.91. The lowest BCUT2D eigenvalue weighted by Crippen LogP contribution is -2.66. The Morgan fingerprint density at radius 1 is 1.33 bits per heavy atom. The summed E-state index contributed by atoms with van der Waals surface area (Å²) in [4.78, 5) is 26.3. The predicted octanol–water partition coefficient (Wildman–Crippen LogP) is 1.47. The van der Waals surface area contributed by atoms with Gasteiger partial charge in [0.1, 0.15) is 12.1 Å².